The number of nitrogens with zero attached hydrogens (tertiary/aromatic N) is 2. The summed E-state index contributed by atoms with van der Waals surface area (Å²) in [5, 5.41) is 31.3. The molecule has 0 aromatic carbocycles. The van der Waals surface area contributed by atoms with E-state index in [-0.39, 0.29) is 17.0 Å². The molecule has 0 radical (unpaired) electrons. The van der Waals surface area contributed by atoms with Crippen molar-refractivity contribution in [1.82, 2.24) is 14.5 Å². The highest BCUT2D eigenvalue weighted by atomic mass is 16.6. The number of aromatic nitrogens is 3. The van der Waals surface area contributed by atoms with E-state index in [1.165, 1.54) is 30.7 Å². The van der Waals surface area contributed by atoms with Gasteiger partial charge >= 0.3 is 0 Å². The van der Waals surface area contributed by atoms with Crippen LogP contribution in [0.4, 0.5) is 5.95 Å². The van der Waals surface area contributed by atoms with E-state index in [2.05, 4.69) is 21.8 Å². The fourth-order valence-corrected chi connectivity index (χ4v) is 2.96. The number of nitrogen functional groups attached to an aromatic ring is 1. The van der Waals surface area contributed by atoms with E-state index in [9.17, 15) is 20.1 Å². The summed E-state index contributed by atoms with van der Waals surface area (Å²) >= 11 is 0. The Morgan fingerprint density at radius 2 is 2.29 bits per heavy atom. The summed E-state index contributed by atoms with van der Waals surface area (Å²) in [5.41, 5.74) is 3.33. The van der Waals surface area contributed by atoms with Gasteiger partial charge in [-0.25, -0.2) is 0 Å². The predicted octanol–water partition coefficient (Wildman–Crippen LogP) is -1.30. The van der Waals surface area contributed by atoms with E-state index < -0.39 is 35.7 Å². The molecule has 1 aliphatic rings. The van der Waals surface area contributed by atoms with E-state index in [4.69, 9.17) is 10.5 Å². The second-order valence-corrected chi connectivity index (χ2v) is 5.75. The lowest BCUT2D eigenvalue weighted by atomic mass is 9.93. The summed E-state index contributed by atoms with van der Waals surface area (Å²) in [6, 6.07) is 1.49. The van der Waals surface area contributed by atoms with Crippen LogP contribution in [0.25, 0.3) is 11.0 Å². The number of anilines is 1. The molecule has 128 valence electrons. The van der Waals surface area contributed by atoms with Crippen molar-refractivity contribution in [1.29, 1.82) is 0 Å². The molecule has 3 rings (SSSR count). The summed E-state index contributed by atoms with van der Waals surface area (Å²) in [7, 11) is 0. The number of rotatable bonds is 2. The molecule has 1 saturated heterocycles. The lowest BCUT2D eigenvalue weighted by molar-refractivity contribution is -0.0845. The minimum absolute atomic E-state index is 0.0943. The molecule has 0 spiro atoms. The number of aliphatic hydroxyl groups is 3. The third kappa shape index (κ3) is 2.28. The first-order chi connectivity index (χ1) is 11.3. The number of H-pyrrole nitrogens is 1. The largest absolute Gasteiger partial charge is 0.391 e. The van der Waals surface area contributed by atoms with Gasteiger partial charge in [0.1, 0.15) is 12.2 Å². The second kappa shape index (κ2) is 5.61. The Labute approximate surface area is 136 Å². The van der Waals surface area contributed by atoms with Crippen LogP contribution in [-0.2, 0) is 4.74 Å². The molecular formula is C15H18N4O5. The summed E-state index contributed by atoms with van der Waals surface area (Å²) in [6.07, 6.45) is -3.25. The van der Waals surface area contributed by atoms with Crippen molar-refractivity contribution in [2.75, 3.05) is 5.73 Å². The van der Waals surface area contributed by atoms with Gasteiger partial charge in [0.2, 0.25) is 5.95 Å². The van der Waals surface area contributed by atoms with Crippen molar-refractivity contribution >= 4 is 17.0 Å². The first kappa shape index (κ1) is 16.5. The third-order valence-corrected chi connectivity index (χ3v) is 4.08. The van der Waals surface area contributed by atoms with Crippen LogP contribution < -0.4 is 11.3 Å². The van der Waals surface area contributed by atoms with Gasteiger partial charge in [0.15, 0.2) is 17.5 Å². The quantitative estimate of drug-likeness (QED) is 0.429. The van der Waals surface area contributed by atoms with Crippen molar-refractivity contribution in [3.05, 3.63) is 22.6 Å². The normalized spacial score (nSPS) is 31.0. The Kier molecular flexibility index (Phi) is 3.85. The summed E-state index contributed by atoms with van der Waals surface area (Å²) in [4.78, 5) is 18.4. The van der Waals surface area contributed by atoms with Crippen molar-refractivity contribution in [2.24, 2.45) is 0 Å². The fraction of sp³-hybridized carbons (Fsp3) is 0.467. The van der Waals surface area contributed by atoms with Crippen LogP contribution in [0.2, 0.25) is 0 Å². The number of nitrogens with one attached hydrogen (secondary N) is 1. The van der Waals surface area contributed by atoms with Gasteiger partial charge in [0.05, 0.1) is 11.5 Å². The van der Waals surface area contributed by atoms with Gasteiger partial charge in [-0.05, 0) is 19.9 Å². The molecule has 0 aliphatic carbocycles. The van der Waals surface area contributed by atoms with Gasteiger partial charge in [-0.15, -0.1) is 5.92 Å². The number of hydrogen-bond donors (Lipinski definition) is 5. The molecule has 5 atom stereocenters. The van der Waals surface area contributed by atoms with E-state index in [1.54, 1.807) is 0 Å². The highest BCUT2D eigenvalue weighted by Crippen LogP contribution is 2.40. The molecule has 2 aromatic rings. The lowest BCUT2D eigenvalue weighted by Gasteiger charge is -2.26. The van der Waals surface area contributed by atoms with Crippen LogP contribution in [0.1, 0.15) is 20.1 Å². The average Bonchev–Trinajstić information content (AvgIpc) is 3.00. The van der Waals surface area contributed by atoms with Gasteiger partial charge in [0, 0.05) is 6.20 Å². The van der Waals surface area contributed by atoms with Crippen molar-refractivity contribution in [3.8, 4) is 11.8 Å². The number of ether oxygens (including phenoxy) is 1. The Bertz CT molecular complexity index is 893. The number of fused-ring (bicyclic) bond motifs is 1. The molecule has 24 heavy (non-hydrogen) atoms. The Balaban J connectivity index is 2.20. The molecule has 1 fully saturated rings. The third-order valence-electron chi connectivity index (χ3n) is 4.08. The van der Waals surface area contributed by atoms with Crippen LogP contribution in [-0.4, -0.2) is 53.8 Å². The molecule has 0 bridgehead atoms. The predicted molar refractivity (Wildman–Crippen MR) is 84.8 cm³/mol. The van der Waals surface area contributed by atoms with Gasteiger partial charge in [-0.2, -0.15) is 4.98 Å². The summed E-state index contributed by atoms with van der Waals surface area (Å²) in [5.74, 6) is 5.00. The molecule has 1 aliphatic heterocycles. The first-order valence-electron chi connectivity index (χ1n) is 7.33. The van der Waals surface area contributed by atoms with Crippen LogP contribution in [0.3, 0.4) is 0 Å². The first-order valence-corrected chi connectivity index (χ1v) is 7.33. The van der Waals surface area contributed by atoms with Gasteiger partial charge in [-0.1, -0.05) is 5.92 Å². The SMILES string of the molecule is CC#C[C@@]1(O)C(O)[C@@H]([C@@H](C)O)O[C@H]1n1ccc2c(=O)[nH]c(N)nc21. The zero-order chi connectivity index (χ0) is 17.6. The number of aliphatic hydroxyl groups excluding tert-OH is 2. The molecule has 9 heteroatoms. The van der Waals surface area contributed by atoms with Crippen LogP contribution in [0, 0.1) is 11.8 Å². The minimum Gasteiger partial charge on any atom is -0.391 e. The van der Waals surface area contributed by atoms with Crippen molar-refractivity contribution in [2.45, 2.75) is 44.0 Å². The van der Waals surface area contributed by atoms with Crippen LogP contribution >= 0.6 is 0 Å². The average molecular weight is 334 g/mol. The summed E-state index contributed by atoms with van der Waals surface area (Å²) in [6.45, 7) is 2.94. The summed E-state index contributed by atoms with van der Waals surface area (Å²) < 4.78 is 7.02. The zero-order valence-electron chi connectivity index (χ0n) is 13.1. The maximum atomic E-state index is 11.9. The minimum atomic E-state index is -1.98. The number of hydrogen-bond acceptors (Lipinski definition) is 7. The maximum Gasteiger partial charge on any atom is 0.261 e. The van der Waals surface area contributed by atoms with E-state index in [0.717, 1.165) is 0 Å². The molecule has 2 aromatic heterocycles. The number of nitrogens with two attached hydrogens (primary N) is 1. The smallest absolute Gasteiger partial charge is 0.261 e. The monoisotopic (exact) mass is 334 g/mol. The molecule has 3 heterocycles. The zero-order valence-corrected chi connectivity index (χ0v) is 13.1. The maximum absolute atomic E-state index is 11.9. The molecule has 1 unspecified atom stereocenters. The van der Waals surface area contributed by atoms with Gasteiger partial charge in [0.25, 0.3) is 5.56 Å². The topological polar surface area (TPSA) is 147 Å². The second-order valence-electron chi connectivity index (χ2n) is 5.75. The highest BCUT2D eigenvalue weighted by molar-refractivity contribution is 5.76. The Morgan fingerprint density at radius 1 is 1.58 bits per heavy atom. The molecular weight excluding hydrogens is 316 g/mol. The van der Waals surface area contributed by atoms with Gasteiger partial charge in [-0.3, -0.25) is 9.78 Å². The van der Waals surface area contributed by atoms with Crippen LogP contribution in [0.5, 0.6) is 0 Å². The Hall–Kier alpha value is -2.38. The highest BCUT2D eigenvalue weighted by Gasteiger charge is 2.57. The van der Waals surface area contributed by atoms with E-state index >= 15 is 0 Å². The van der Waals surface area contributed by atoms with Gasteiger partial charge < -0.3 is 30.4 Å². The fourth-order valence-electron chi connectivity index (χ4n) is 2.96. The van der Waals surface area contributed by atoms with Crippen LogP contribution in [0.15, 0.2) is 17.1 Å². The standard InChI is InChI=1S/C15H18N4O5/c1-3-5-15(23)10(21)9(7(2)20)24-13(15)19-6-4-8-11(19)17-14(16)18-12(8)22/h4,6-7,9-10,13,20-21,23H,1-2H3,(H3,16,17,18,22)/t7-,9-,10?,13-,15-/m1/s1. The number of aromatic amines is 1. The molecule has 0 saturated carbocycles. The lowest BCUT2D eigenvalue weighted by Crippen LogP contribution is -2.47. The van der Waals surface area contributed by atoms with Crippen molar-refractivity contribution in [3.63, 3.8) is 0 Å². The van der Waals surface area contributed by atoms with Crippen molar-refractivity contribution < 1.29 is 20.1 Å². The Morgan fingerprint density at radius 3 is 2.92 bits per heavy atom. The molecule has 6 N–H and O–H groups in total. The van der Waals surface area contributed by atoms with E-state index in [1.807, 2.05) is 0 Å². The molecule has 0 amide bonds. The molecule has 9 nitrogen and oxygen atoms in total. The van der Waals surface area contributed by atoms with E-state index in [0.29, 0.717) is 0 Å².